The van der Waals surface area contributed by atoms with Crippen LogP contribution >= 0.6 is 0 Å². The number of carbonyl (C=O) groups excluding carboxylic acids is 1. The number of fused-ring (bicyclic) bond motifs is 1. The first-order valence-corrected chi connectivity index (χ1v) is 9.63. The van der Waals surface area contributed by atoms with Crippen LogP contribution in [0.3, 0.4) is 0 Å². The van der Waals surface area contributed by atoms with E-state index in [-0.39, 0.29) is 24.6 Å². The molecule has 3 aromatic rings. The molecule has 1 N–H and O–H groups in total. The van der Waals surface area contributed by atoms with Crippen LogP contribution in [0.15, 0.2) is 84.9 Å². The second-order valence-corrected chi connectivity index (χ2v) is 7.07. The minimum Gasteiger partial charge on any atom is -0.484 e. The van der Waals surface area contributed by atoms with E-state index < -0.39 is 0 Å². The summed E-state index contributed by atoms with van der Waals surface area (Å²) in [5, 5.41) is 3.62. The van der Waals surface area contributed by atoms with Gasteiger partial charge >= 0.3 is 0 Å². The second-order valence-electron chi connectivity index (χ2n) is 7.07. The summed E-state index contributed by atoms with van der Waals surface area (Å²) in [6, 6.07) is 28.0. The summed E-state index contributed by atoms with van der Waals surface area (Å²) in [5.74, 6) is 0.680. The number of hydrogen-bond donors (Lipinski definition) is 1. The summed E-state index contributed by atoms with van der Waals surface area (Å²) < 4.78 is 5.70. The van der Waals surface area contributed by atoms with E-state index in [1.54, 1.807) is 0 Å². The maximum atomic E-state index is 13.0. The molecule has 4 nitrogen and oxygen atoms in total. The number of hydrogen-bond acceptors (Lipinski definition) is 3. The second kappa shape index (κ2) is 8.17. The molecule has 0 aromatic heterocycles. The zero-order chi connectivity index (χ0) is 19.3. The highest BCUT2D eigenvalue weighted by molar-refractivity contribution is 5.96. The summed E-state index contributed by atoms with van der Waals surface area (Å²) in [7, 11) is 0. The zero-order valence-electron chi connectivity index (χ0n) is 15.9. The molecule has 1 aliphatic heterocycles. The van der Waals surface area contributed by atoms with E-state index in [4.69, 9.17) is 4.74 Å². The van der Waals surface area contributed by atoms with Gasteiger partial charge in [0, 0.05) is 17.4 Å². The standard InChI is InChI=1S/C24H24N2O2/c1-18-16-22(25-19-10-4-2-5-11-19)21-14-8-9-15-23(21)26(18)24(27)17-28-20-12-6-3-7-13-20/h2-15,18,22,25H,16-17H2,1H3/t18-,22-/m1/s1. The Bertz CT molecular complexity index is 928. The minimum absolute atomic E-state index is 0.0260. The Morgan fingerprint density at radius 3 is 2.36 bits per heavy atom. The summed E-state index contributed by atoms with van der Waals surface area (Å²) >= 11 is 0. The fraction of sp³-hybridized carbons (Fsp3) is 0.208. The summed E-state index contributed by atoms with van der Waals surface area (Å²) in [6.45, 7) is 2.12. The smallest absolute Gasteiger partial charge is 0.265 e. The van der Waals surface area contributed by atoms with E-state index in [0.29, 0.717) is 5.75 Å². The van der Waals surface area contributed by atoms with Crippen molar-refractivity contribution < 1.29 is 9.53 Å². The average molecular weight is 372 g/mol. The fourth-order valence-corrected chi connectivity index (χ4v) is 3.80. The monoisotopic (exact) mass is 372 g/mol. The van der Waals surface area contributed by atoms with E-state index in [1.165, 1.54) is 0 Å². The van der Waals surface area contributed by atoms with Gasteiger partial charge in [0.25, 0.3) is 5.91 Å². The van der Waals surface area contributed by atoms with Crippen molar-refractivity contribution in [2.45, 2.75) is 25.4 Å². The number of nitrogens with zero attached hydrogens (tertiary/aromatic N) is 1. The van der Waals surface area contributed by atoms with Crippen LogP contribution in [0, 0.1) is 0 Å². The third-order valence-corrected chi connectivity index (χ3v) is 5.08. The summed E-state index contributed by atoms with van der Waals surface area (Å²) in [4.78, 5) is 14.9. The minimum atomic E-state index is -0.0260. The maximum absolute atomic E-state index is 13.0. The highest BCUT2D eigenvalue weighted by Gasteiger charge is 2.33. The molecule has 0 radical (unpaired) electrons. The number of benzene rings is 3. The van der Waals surface area contributed by atoms with Crippen molar-refractivity contribution >= 4 is 17.3 Å². The number of nitrogens with one attached hydrogen (secondary N) is 1. The highest BCUT2D eigenvalue weighted by atomic mass is 16.5. The Labute approximate surface area is 165 Å². The first-order chi connectivity index (χ1) is 13.7. The van der Waals surface area contributed by atoms with Gasteiger partial charge in [-0.1, -0.05) is 54.6 Å². The van der Waals surface area contributed by atoms with Crippen molar-refractivity contribution in [3.8, 4) is 5.75 Å². The molecule has 4 heteroatoms. The number of amides is 1. The predicted octanol–water partition coefficient (Wildman–Crippen LogP) is 5.04. The highest BCUT2D eigenvalue weighted by Crippen LogP contribution is 2.38. The van der Waals surface area contributed by atoms with Gasteiger partial charge < -0.3 is 15.0 Å². The van der Waals surface area contributed by atoms with Gasteiger partial charge in [0.1, 0.15) is 5.75 Å². The van der Waals surface area contributed by atoms with E-state index >= 15 is 0 Å². The van der Waals surface area contributed by atoms with Gasteiger partial charge in [-0.05, 0) is 49.2 Å². The van der Waals surface area contributed by atoms with E-state index in [9.17, 15) is 4.79 Å². The Kier molecular flexibility index (Phi) is 5.29. The van der Waals surface area contributed by atoms with Crippen molar-refractivity contribution in [3.63, 3.8) is 0 Å². The van der Waals surface area contributed by atoms with Crippen LogP contribution < -0.4 is 15.0 Å². The molecule has 0 unspecified atom stereocenters. The number of carbonyl (C=O) groups is 1. The number of ether oxygens (including phenoxy) is 1. The zero-order valence-corrected chi connectivity index (χ0v) is 15.9. The third-order valence-electron chi connectivity index (χ3n) is 5.08. The van der Waals surface area contributed by atoms with E-state index in [1.807, 2.05) is 71.6 Å². The molecule has 1 heterocycles. The van der Waals surface area contributed by atoms with Crippen LogP contribution in [0.2, 0.25) is 0 Å². The molecular weight excluding hydrogens is 348 g/mol. The lowest BCUT2D eigenvalue weighted by atomic mass is 9.91. The van der Waals surface area contributed by atoms with Crippen LogP contribution in [0.5, 0.6) is 5.75 Å². The van der Waals surface area contributed by atoms with Gasteiger partial charge in [-0.3, -0.25) is 4.79 Å². The Hall–Kier alpha value is -3.27. The van der Waals surface area contributed by atoms with Crippen LogP contribution in [-0.2, 0) is 4.79 Å². The largest absolute Gasteiger partial charge is 0.484 e. The lowest BCUT2D eigenvalue weighted by Gasteiger charge is -2.40. The Morgan fingerprint density at radius 2 is 1.61 bits per heavy atom. The number of rotatable bonds is 5. The topological polar surface area (TPSA) is 41.6 Å². The quantitative estimate of drug-likeness (QED) is 0.682. The van der Waals surface area contributed by atoms with Crippen LogP contribution in [0.25, 0.3) is 0 Å². The number of anilines is 2. The maximum Gasteiger partial charge on any atom is 0.265 e. The van der Waals surface area contributed by atoms with Crippen LogP contribution in [0.1, 0.15) is 24.9 Å². The van der Waals surface area contributed by atoms with Crippen molar-refractivity contribution in [3.05, 3.63) is 90.5 Å². The van der Waals surface area contributed by atoms with Crippen molar-refractivity contribution in [1.29, 1.82) is 0 Å². The van der Waals surface area contributed by atoms with Gasteiger partial charge in [0.2, 0.25) is 0 Å². The SMILES string of the molecule is C[C@@H]1C[C@@H](Nc2ccccc2)c2ccccc2N1C(=O)COc1ccccc1. The van der Waals surface area contributed by atoms with Crippen LogP contribution in [0.4, 0.5) is 11.4 Å². The molecule has 4 rings (SSSR count). The Balaban J connectivity index is 1.54. The van der Waals surface area contributed by atoms with Crippen molar-refractivity contribution in [2.75, 3.05) is 16.8 Å². The summed E-state index contributed by atoms with van der Waals surface area (Å²) in [6.07, 6.45) is 0.836. The molecule has 0 aliphatic carbocycles. The first kappa shape index (κ1) is 18.1. The molecule has 0 saturated heterocycles. The van der Waals surface area contributed by atoms with Gasteiger partial charge in [0.05, 0.1) is 6.04 Å². The fourth-order valence-electron chi connectivity index (χ4n) is 3.80. The van der Waals surface area contributed by atoms with Gasteiger partial charge in [-0.25, -0.2) is 0 Å². The van der Waals surface area contributed by atoms with E-state index in [0.717, 1.165) is 23.4 Å². The molecule has 1 amide bonds. The van der Waals surface area contributed by atoms with Crippen molar-refractivity contribution in [1.82, 2.24) is 0 Å². The number of para-hydroxylation sites is 3. The van der Waals surface area contributed by atoms with Crippen molar-refractivity contribution in [2.24, 2.45) is 0 Å². The molecule has 2 atom stereocenters. The molecule has 28 heavy (non-hydrogen) atoms. The molecule has 0 saturated carbocycles. The van der Waals surface area contributed by atoms with Gasteiger partial charge in [-0.15, -0.1) is 0 Å². The predicted molar refractivity (Wildman–Crippen MR) is 113 cm³/mol. The van der Waals surface area contributed by atoms with Gasteiger partial charge in [-0.2, -0.15) is 0 Å². The molecule has 0 bridgehead atoms. The first-order valence-electron chi connectivity index (χ1n) is 9.63. The lowest BCUT2D eigenvalue weighted by molar-refractivity contribution is -0.121. The molecular formula is C24H24N2O2. The molecule has 142 valence electrons. The van der Waals surface area contributed by atoms with Crippen LogP contribution in [-0.4, -0.2) is 18.6 Å². The lowest BCUT2D eigenvalue weighted by Crippen LogP contribution is -2.46. The van der Waals surface area contributed by atoms with Gasteiger partial charge in [0.15, 0.2) is 6.61 Å². The van der Waals surface area contributed by atoms with E-state index in [2.05, 4.69) is 30.4 Å². The third kappa shape index (κ3) is 3.86. The summed E-state index contributed by atoms with van der Waals surface area (Å²) in [5.41, 5.74) is 3.18. The Morgan fingerprint density at radius 1 is 0.964 bits per heavy atom. The molecule has 1 aliphatic rings. The normalized spacial score (nSPS) is 18.2. The molecule has 0 spiro atoms. The molecule has 3 aromatic carbocycles. The molecule has 0 fully saturated rings. The average Bonchev–Trinajstić information content (AvgIpc) is 2.74.